The van der Waals surface area contributed by atoms with Gasteiger partial charge in [-0.3, -0.25) is 14.6 Å². The van der Waals surface area contributed by atoms with Crippen LogP contribution in [0.25, 0.3) is 16.8 Å². The molecule has 1 aromatic carbocycles. The number of benzene rings is 1. The van der Waals surface area contributed by atoms with Gasteiger partial charge in [0.05, 0.1) is 19.4 Å². The number of aryl methyl sites for hydroxylation is 3. The molecule has 0 aliphatic heterocycles. The molecule has 29 heavy (non-hydrogen) atoms. The zero-order valence-corrected chi connectivity index (χ0v) is 16.7. The minimum absolute atomic E-state index is 0.146. The maximum absolute atomic E-state index is 12.7. The van der Waals surface area contributed by atoms with Gasteiger partial charge in [0.1, 0.15) is 5.75 Å². The van der Waals surface area contributed by atoms with E-state index in [1.807, 2.05) is 42.1 Å². The molecule has 0 saturated heterocycles. The van der Waals surface area contributed by atoms with Crippen molar-refractivity contribution in [2.24, 2.45) is 7.05 Å². The summed E-state index contributed by atoms with van der Waals surface area (Å²) in [5.74, 6) is 0.767. The van der Waals surface area contributed by atoms with E-state index in [1.54, 1.807) is 26.5 Å². The predicted octanol–water partition coefficient (Wildman–Crippen LogP) is 2.36. The van der Waals surface area contributed by atoms with Gasteiger partial charge in [0.25, 0.3) is 5.56 Å². The van der Waals surface area contributed by atoms with E-state index in [9.17, 15) is 4.79 Å². The van der Waals surface area contributed by atoms with Crippen LogP contribution >= 0.6 is 0 Å². The van der Waals surface area contributed by atoms with Crippen LogP contribution in [0, 0.1) is 0 Å². The van der Waals surface area contributed by atoms with Crippen LogP contribution in [0.1, 0.15) is 17.1 Å². The van der Waals surface area contributed by atoms with Crippen LogP contribution in [0.4, 0.5) is 0 Å². The van der Waals surface area contributed by atoms with E-state index in [-0.39, 0.29) is 5.56 Å². The maximum Gasteiger partial charge on any atom is 0.272 e. The largest absolute Gasteiger partial charge is 0.497 e. The first-order valence-electron chi connectivity index (χ1n) is 9.34. The number of hydrogen-bond acceptors (Lipinski definition) is 5. The Labute approximate surface area is 167 Å². The molecule has 0 saturated carbocycles. The lowest BCUT2D eigenvalue weighted by Crippen LogP contribution is -2.16. The van der Waals surface area contributed by atoms with Crippen molar-refractivity contribution in [3.05, 3.63) is 70.0 Å². The highest BCUT2D eigenvalue weighted by molar-refractivity contribution is 5.80. The van der Waals surface area contributed by atoms with Crippen molar-refractivity contribution in [3.63, 3.8) is 0 Å². The zero-order chi connectivity index (χ0) is 20.4. The molecule has 3 heterocycles. The van der Waals surface area contributed by atoms with E-state index in [0.29, 0.717) is 18.7 Å². The van der Waals surface area contributed by atoms with Gasteiger partial charge in [-0.1, -0.05) is 12.1 Å². The number of fused-ring (bicyclic) bond motifs is 1. The van der Waals surface area contributed by atoms with E-state index < -0.39 is 0 Å². The van der Waals surface area contributed by atoms with Gasteiger partial charge in [-0.15, -0.1) is 0 Å². The second kappa shape index (κ2) is 7.92. The van der Waals surface area contributed by atoms with Gasteiger partial charge >= 0.3 is 0 Å². The van der Waals surface area contributed by atoms with Gasteiger partial charge in [0.15, 0.2) is 5.65 Å². The molecule has 0 radical (unpaired) electrons. The second-order valence-electron chi connectivity index (χ2n) is 6.82. The summed E-state index contributed by atoms with van der Waals surface area (Å²) in [5.41, 5.74) is 4.87. The Morgan fingerprint density at radius 1 is 1.10 bits per heavy atom. The number of aromatic amines is 1. The van der Waals surface area contributed by atoms with Crippen LogP contribution in [-0.2, 0) is 31.2 Å². The maximum atomic E-state index is 12.7. The van der Waals surface area contributed by atoms with Crippen molar-refractivity contribution in [2.75, 3.05) is 14.2 Å². The van der Waals surface area contributed by atoms with Gasteiger partial charge in [0.2, 0.25) is 0 Å². The Morgan fingerprint density at radius 3 is 2.55 bits per heavy atom. The quantitative estimate of drug-likeness (QED) is 0.521. The average Bonchev–Trinajstić information content (AvgIpc) is 3.30. The van der Waals surface area contributed by atoms with Crippen molar-refractivity contribution in [1.82, 2.24) is 24.4 Å². The van der Waals surface area contributed by atoms with Crippen LogP contribution in [0.2, 0.25) is 0 Å². The lowest BCUT2D eigenvalue weighted by molar-refractivity contribution is 0.181. The molecule has 0 aliphatic carbocycles. The monoisotopic (exact) mass is 393 g/mol. The first-order chi connectivity index (χ1) is 14.1. The van der Waals surface area contributed by atoms with E-state index in [2.05, 4.69) is 10.2 Å². The molecule has 8 heteroatoms. The van der Waals surface area contributed by atoms with Crippen LogP contribution in [0.3, 0.4) is 0 Å². The normalized spacial score (nSPS) is 11.3. The summed E-state index contributed by atoms with van der Waals surface area (Å²) >= 11 is 0. The van der Waals surface area contributed by atoms with E-state index in [1.165, 1.54) is 4.52 Å². The van der Waals surface area contributed by atoms with E-state index in [0.717, 1.165) is 40.4 Å². The van der Waals surface area contributed by atoms with Crippen molar-refractivity contribution in [3.8, 4) is 16.9 Å². The summed E-state index contributed by atoms with van der Waals surface area (Å²) < 4.78 is 13.9. The summed E-state index contributed by atoms with van der Waals surface area (Å²) in [6.07, 6.45) is 3.18. The predicted molar refractivity (Wildman–Crippen MR) is 109 cm³/mol. The third-order valence-electron chi connectivity index (χ3n) is 4.97. The fourth-order valence-corrected chi connectivity index (χ4v) is 3.47. The number of rotatable bonds is 7. The van der Waals surface area contributed by atoms with E-state index in [4.69, 9.17) is 14.5 Å². The number of nitrogens with zero attached hydrogens (tertiary/aromatic N) is 4. The SMILES string of the molecule is COCc1[nH]n2c(=O)cc(CCc3ccnn3C)nc2c1-c1ccc(OC)cc1. The molecule has 0 bridgehead atoms. The third kappa shape index (κ3) is 3.66. The molecule has 8 nitrogen and oxygen atoms in total. The Hall–Kier alpha value is -3.39. The van der Waals surface area contributed by atoms with Gasteiger partial charge in [-0.05, 0) is 36.6 Å². The van der Waals surface area contributed by atoms with Crippen LogP contribution in [0.15, 0.2) is 47.4 Å². The lowest BCUT2D eigenvalue weighted by atomic mass is 10.1. The molecule has 3 aromatic heterocycles. The number of nitrogens with one attached hydrogen (secondary N) is 1. The summed E-state index contributed by atoms with van der Waals surface area (Å²) in [7, 11) is 5.16. The summed E-state index contributed by atoms with van der Waals surface area (Å²) in [5, 5.41) is 7.33. The van der Waals surface area contributed by atoms with Crippen LogP contribution in [-0.4, -0.2) is 38.6 Å². The molecule has 0 spiro atoms. The Balaban J connectivity index is 1.79. The molecule has 4 aromatic rings. The zero-order valence-electron chi connectivity index (χ0n) is 16.7. The highest BCUT2D eigenvalue weighted by Crippen LogP contribution is 2.29. The van der Waals surface area contributed by atoms with Crippen molar-refractivity contribution < 1.29 is 9.47 Å². The number of methoxy groups -OCH3 is 2. The number of aromatic nitrogens is 5. The molecule has 0 aliphatic rings. The first-order valence-corrected chi connectivity index (χ1v) is 9.34. The van der Waals surface area contributed by atoms with Gasteiger partial charge in [0, 0.05) is 43.4 Å². The average molecular weight is 393 g/mol. The lowest BCUT2D eigenvalue weighted by Gasteiger charge is -2.06. The summed E-state index contributed by atoms with van der Waals surface area (Å²) in [4.78, 5) is 17.5. The smallest absolute Gasteiger partial charge is 0.272 e. The molecule has 0 unspecified atom stereocenters. The molecular weight excluding hydrogens is 370 g/mol. The molecule has 0 fully saturated rings. The van der Waals surface area contributed by atoms with Crippen molar-refractivity contribution in [2.45, 2.75) is 19.4 Å². The Kier molecular flexibility index (Phi) is 5.18. The molecule has 1 N–H and O–H groups in total. The molecule has 150 valence electrons. The van der Waals surface area contributed by atoms with Gasteiger partial charge < -0.3 is 9.47 Å². The number of ether oxygens (including phenoxy) is 2. The second-order valence-corrected chi connectivity index (χ2v) is 6.82. The molecular formula is C21H23N5O3. The third-order valence-corrected chi connectivity index (χ3v) is 4.97. The van der Waals surface area contributed by atoms with Crippen LogP contribution < -0.4 is 10.3 Å². The van der Waals surface area contributed by atoms with E-state index >= 15 is 0 Å². The minimum Gasteiger partial charge on any atom is -0.497 e. The number of H-pyrrole nitrogens is 1. The summed E-state index contributed by atoms with van der Waals surface area (Å²) in [6, 6.07) is 11.2. The topological polar surface area (TPSA) is 86.4 Å². The fraction of sp³-hybridized carbons (Fsp3) is 0.286. The summed E-state index contributed by atoms with van der Waals surface area (Å²) in [6.45, 7) is 0.342. The van der Waals surface area contributed by atoms with Crippen LogP contribution in [0.5, 0.6) is 5.75 Å². The van der Waals surface area contributed by atoms with Gasteiger partial charge in [-0.2, -0.15) is 5.10 Å². The highest BCUT2D eigenvalue weighted by Gasteiger charge is 2.17. The fourth-order valence-electron chi connectivity index (χ4n) is 3.47. The first kappa shape index (κ1) is 18.9. The standard InChI is InChI=1S/C21H23N5O3/c1-25-16(10-11-22-25)7-6-15-12-19(27)26-21(23-15)20(18(24-26)13-28-2)14-4-8-17(29-3)9-5-14/h4-5,8-12,24H,6-7,13H2,1-3H3. The van der Waals surface area contributed by atoms with Gasteiger partial charge in [-0.25, -0.2) is 9.50 Å². The molecule has 4 rings (SSSR count). The number of hydrogen-bond donors (Lipinski definition) is 1. The Morgan fingerprint density at radius 2 is 1.90 bits per heavy atom. The Bertz CT molecular complexity index is 1190. The molecule has 0 atom stereocenters. The van der Waals surface area contributed by atoms with Crippen molar-refractivity contribution in [1.29, 1.82) is 0 Å². The van der Waals surface area contributed by atoms with Crippen molar-refractivity contribution >= 4 is 5.65 Å². The molecule has 0 amide bonds. The highest BCUT2D eigenvalue weighted by atomic mass is 16.5. The minimum atomic E-state index is -0.146.